The summed E-state index contributed by atoms with van der Waals surface area (Å²) in [5.41, 5.74) is 2.13. The standard InChI is InChI=1S/C20H23N7O3/c1-22-10-14(9-21)18-4-2-3-5-19(18)29-13-17-8-16(27-30-17)11-23-20(28)26-15-6-7-24-25-12-15/h2-7,9-10,12,14,17,21H,8,11,13H2,1H3,(H2,23,24,26,28). The summed E-state index contributed by atoms with van der Waals surface area (Å²) in [7, 11) is 1.67. The quantitative estimate of drug-likeness (QED) is 0.546. The number of para-hydroxylation sites is 1. The number of anilines is 1. The molecular weight excluding hydrogens is 386 g/mol. The van der Waals surface area contributed by atoms with Crippen molar-refractivity contribution < 1.29 is 14.4 Å². The molecule has 0 fully saturated rings. The second-order valence-corrected chi connectivity index (χ2v) is 6.48. The van der Waals surface area contributed by atoms with Crippen LogP contribution in [0, 0.1) is 5.41 Å². The zero-order valence-corrected chi connectivity index (χ0v) is 16.5. The Morgan fingerprint density at radius 2 is 2.27 bits per heavy atom. The molecule has 156 valence electrons. The van der Waals surface area contributed by atoms with Crippen molar-refractivity contribution in [3.63, 3.8) is 0 Å². The van der Waals surface area contributed by atoms with Gasteiger partial charge in [0, 0.05) is 31.5 Å². The average Bonchev–Trinajstić information content (AvgIpc) is 3.23. The predicted molar refractivity (Wildman–Crippen MR) is 114 cm³/mol. The van der Waals surface area contributed by atoms with Crippen LogP contribution in [0.3, 0.4) is 0 Å². The number of hydrogen-bond acceptors (Lipinski definition) is 8. The molecule has 1 aliphatic rings. The van der Waals surface area contributed by atoms with Gasteiger partial charge in [-0.15, -0.1) is 0 Å². The number of hydrogen-bond donors (Lipinski definition) is 3. The number of benzene rings is 1. The summed E-state index contributed by atoms with van der Waals surface area (Å²) in [6.45, 7) is 0.563. The molecule has 0 saturated carbocycles. The largest absolute Gasteiger partial charge is 0.489 e. The minimum atomic E-state index is -0.366. The lowest BCUT2D eigenvalue weighted by atomic mass is 10.0. The fourth-order valence-corrected chi connectivity index (χ4v) is 2.85. The van der Waals surface area contributed by atoms with Crippen molar-refractivity contribution in [2.24, 2.45) is 10.1 Å². The smallest absolute Gasteiger partial charge is 0.319 e. The van der Waals surface area contributed by atoms with Gasteiger partial charge in [0.05, 0.1) is 36.3 Å². The van der Waals surface area contributed by atoms with Crippen LogP contribution >= 0.6 is 0 Å². The number of carbonyl (C=O) groups is 1. The molecule has 0 radical (unpaired) electrons. The summed E-state index contributed by atoms with van der Waals surface area (Å²) in [6, 6.07) is 8.81. The molecular formula is C20H23N7O3. The van der Waals surface area contributed by atoms with E-state index in [0.29, 0.717) is 24.5 Å². The van der Waals surface area contributed by atoms with E-state index in [2.05, 4.69) is 31.0 Å². The van der Waals surface area contributed by atoms with E-state index in [1.807, 2.05) is 24.3 Å². The highest BCUT2D eigenvalue weighted by Crippen LogP contribution is 2.25. The maximum Gasteiger partial charge on any atom is 0.319 e. The van der Waals surface area contributed by atoms with Crippen LogP contribution in [-0.4, -0.2) is 60.7 Å². The highest BCUT2D eigenvalue weighted by Gasteiger charge is 2.23. The van der Waals surface area contributed by atoms with Gasteiger partial charge in [-0.25, -0.2) is 4.79 Å². The van der Waals surface area contributed by atoms with E-state index in [-0.39, 0.29) is 24.6 Å². The highest BCUT2D eigenvalue weighted by atomic mass is 16.7. The van der Waals surface area contributed by atoms with Crippen LogP contribution in [-0.2, 0) is 4.84 Å². The molecule has 1 aliphatic heterocycles. The van der Waals surface area contributed by atoms with Crippen LogP contribution in [0.15, 0.2) is 52.9 Å². The fourth-order valence-electron chi connectivity index (χ4n) is 2.85. The molecule has 30 heavy (non-hydrogen) atoms. The van der Waals surface area contributed by atoms with Crippen molar-refractivity contribution in [2.75, 3.05) is 25.5 Å². The molecule has 3 rings (SSSR count). The van der Waals surface area contributed by atoms with Crippen LogP contribution in [0.25, 0.3) is 0 Å². The lowest BCUT2D eigenvalue weighted by molar-refractivity contribution is 0.0468. The first-order valence-electron chi connectivity index (χ1n) is 9.37. The number of aliphatic imine (C=N–C) groups is 1. The first-order chi connectivity index (χ1) is 14.7. The molecule has 1 aromatic heterocycles. The Morgan fingerprint density at radius 1 is 1.40 bits per heavy atom. The van der Waals surface area contributed by atoms with E-state index in [1.165, 1.54) is 18.6 Å². The third kappa shape index (κ3) is 5.84. The average molecular weight is 409 g/mol. The van der Waals surface area contributed by atoms with Crippen molar-refractivity contribution >= 4 is 29.9 Å². The molecule has 2 unspecified atom stereocenters. The zero-order chi connectivity index (χ0) is 21.2. The van der Waals surface area contributed by atoms with E-state index in [0.717, 1.165) is 11.3 Å². The van der Waals surface area contributed by atoms with Crippen LogP contribution in [0.5, 0.6) is 5.75 Å². The minimum Gasteiger partial charge on any atom is -0.489 e. The molecule has 2 atom stereocenters. The molecule has 1 aromatic carbocycles. The predicted octanol–water partition coefficient (Wildman–Crippen LogP) is 2.26. The van der Waals surface area contributed by atoms with Gasteiger partial charge in [-0.1, -0.05) is 23.4 Å². The van der Waals surface area contributed by atoms with Crippen molar-refractivity contribution in [2.45, 2.75) is 18.4 Å². The maximum absolute atomic E-state index is 11.9. The van der Waals surface area contributed by atoms with Crippen LogP contribution in [0.1, 0.15) is 17.9 Å². The molecule has 2 amide bonds. The molecule has 0 spiro atoms. The Hall–Kier alpha value is -3.82. The van der Waals surface area contributed by atoms with Crippen molar-refractivity contribution in [3.05, 3.63) is 48.3 Å². The number of urea groups is 1. The molecule has 0 saturated heterocycles. The highest BCUT2D eigenvalue weighted by molar-refractivity contribution is 5.94. The summed E-state index contributed by atoms with van der Waals surface area (Å²) < 4.78 is 5.93. The summed E-state index contributed by atoms with van der Waals surface area (Å²) in [5, 5.41) is 24.4. The second-order valence-electron chi connectivity index (χ2n) is 6.48. The van der Waals surface area contributed by atoms with Gasteiger partial charge in [0.1, 0.15) is 12.4 Å². The summed E-state index contributed by atoms with van der Waals surface area (Å²) in [5.74, 6) is 0.423. The zero-order valence-electron chi connectivity index (χ0n) is 16.5. The third-order valence-electron chi connectivity index (χ3n) is 4.28. The topological polar surface area (TPSA) is 134 Å². The first-order valence-corrected chi connectivity index (χ1v) is 9.37. The number of aromatic nitrogens is 2. The molecule has 2 heterocycles. The molecule has 0 bridgehead atoms. The van der Waals surface area contributed by atoms with Crippen molar-refractivity contribution in [3.8, 4) is 5.75 Å². The third-order valence-corrected chi connectivity index (χ3v) is 4.28. The minimum absolute atomic E-state index is 0.249. The second kappa shape index (κ2) is 10.6. The number of carbonyl (C=O) groups excluding carboxylic acids is 1. The van der Waals surface area contributed by atoms with E-state index >= 15 is 0 Å². The van der Waals surface area contributed by atoms with Gasteiger partial charge in [-0.05, 0) is 12.1 Å². The van der Waals surface area contributed by atoms with E-state index in [9.17, 15) is 4.79 Å². The summed E-state index contributed by atoms with van der Waals surface area (Å²) in [4.78, 5) is 21.4. The summed E-state index contributed by atoms with van der Waals surface area (Å²) >= 11 is 0. The van der Waals surface area contributed by atoms with Crippen LogP contribution in [0.2, 0.25) is 0 Å². The number of nitrogens with zero attached hydrogens (tertiary/aromatic N) is 4. The van der Waals surface area contributed by atoms with Crippen LogP contribution < -0.4 is 15.4 Å². The van der Waals surface area contributed by atoms with Gasteiger partial charge in [0.2, 0.25) is 0 Å². The number of oxime groups is 1. The van der Waals surface area contributed by atoms with E-state index < -0.39 is 0 Å². The number of ether oxygens (including phenoxy) is 1. The molecule has 3 N–H and O–H groups in total. The van der Waals surface area contributed by atoms with E-state index in [1.54, 1.807) is 19.3 Å². The van der Waals surface area contributed by atoms with Crippen molar-refractivity contribution in [1.82, 2.24) is 15.5 Å². The lowest BCUT2D eigenvalue weighted by Crippen LogP contribution is -2.33. The molecule has 10 heteroatoms. The molecule has 2 aromatic rings. The monoisotopic (exact) mass is 409 g/mol. The number of amides is 2. The van der Waals surface area contributed by atoms with E-state index in [4.69, 9.17) is 15.0 Å². The Kier molecular flexibility index (Phi) is 7.42. The van der Waals surface area contributed by atoms with Gasteiger partial charge >= 0.3 is 6.03 Å². The Morgan fingerprint density at radius 3 is 3.03 bits per heavy atom. The number of rotatable bonds is 9. The van der Waals surface area contributed by atoms with Crippen LogP contribution in [0.4, 0.5) is 10.5 Å². The maximum atomic E-state index is 11.9. The molecule has 10 nitrogen and oxygen atoms in total. The Labute approximate surface area is 173 Å². The fraction of sp³-hybridized carbons (Fsp3) is 0.300. The van der Waals surface area contributed by atoms with Gasteiger partial charge in [-0.2, -0.15) is 10.2 Å². The lowest BCUT2D eigenvalue weighted by Gasteiger charge is -2.16. The Bertz CT molecular complexity index is 918. The number of nitrogens with one attached hydrogen (secondary N) is 3. The first kappa shape index (κ1) is 20.9. The van der Waals surface area contributed by atoms with Gasteiger partial charge in [-0.3, -0.25) is 4.99 Å². The Balaban J connectivity index is 1.45. The van der Waals surface area contributed by atoms with Gasteiger partial charge in [0.15, 0.2) is 6.10 Å². The normalized spacial score (nSPS) is 16.4. The SMILES string of the molecule is CN=CC(C=N)c1ccccc1OCC1CC(CNC(=O)Nc2ccnnc2)=NO1. The molecule has 0 aliphatic carbocycles. The van der Waals surface area contributed by atoms with Crippen molar-refractivity contribution in [1.29, 1.82) is 5.41 Å². The van der Waals surface area contributed by atoms with Gasteiger partial charge < -0.3 is 25.6 Å². The van der Waals surface area contributed by atoms with Gasteiger partial charge in [0.25, 0.3) is 0 Å². The summed E-state index contributed by atoms with van der Waals surface area (Å²) in [6.07, 6.45) is 6.26.